The molecule has 1 N–H and O–H groups in total. The second-order valence-corrected chi connectivity index (χ2v) is 5.14. The Balaban J connectivity index is 2.76. The number of carbonyl (C=O) groups is 1. The lowest BCUT2D eigenvalue weighted by Gasteiger charge is -2.13. The van der Waals surface area contributed by atoms with Gasteiger partial charge < -0.3 is 5.11 Å². The lowest BCUT2D eigenvalue weighted by atomic mass is 9.93. The Bertz CT molecular complexity index is 594. The minimum absolute atomic E-state index is 0.128. The smallest absolute Gasteiger partial charge is 0.354 e. The first kappa shape index (κ1) is 11.6. The van der Waals surface area contributed by atoms with Gasteiger partial charge in [-0.3, -0.25) is 0 Å². The van der Waals surface area contributed by atoms with Crippen LogP contribution in [0, 0.1) is 6.92 Å². The minimum atomic E-state index is -0.996. The lowest BCUT2D eigenvalue weighted by molar-refractivity contribution is 0.0687. The second kappa shape index (κ2) is 3.55. The van der Waals surface area contributed by atoms with Gasteiger partial charge in [-0.05, 0) is 13.0 Å². The van der Waals surface area contributed by atoms with Crippen LogP contribution in [-0.2, 0) is 5.41 Å². The van der Waals surface area contributed by atoms with Crippen molar-refractivity contribution in [1.82, 2.24) is 14.6 Å². The van der Waals surface area contributed by atoms with Gasteiger partial charge >= 0.3 is 5.97 Å². The Kier molecular flexibility index (Phi) is 2.41. The molecule has 2 heterocycles. The molecule has 0 aliphatic rings. The van der Waals surface area contributed by atoms with Gasteiger partial charge in [0.2, 0.25) is 0 Å². The highest BCUT2D eigenvalue weighted by molar-refractivity contribution is 5.86. The van der Waals surface area contributed by atoms with E-state index in [1.165, 1.54) is 10.6 Å². The van der Waals surface area contributed by atoms with Crippen LogP contribution in [0.5, 0.6) is 0 Å². The molecule has 90 valence electrons. The summed E-state index contributed by atoms with van der Waals surface area (Å²) >= 11 is 0. The molecule has 2 aromatic rings. The monoisotopic (exact) mass is 233 g/mol. The topological polar surface area (TPSA) is 67.5 Å². The van der Waals surface area contributed by atoms with E-state index in [2.05, 4.69) is 10.1 Å². The normalized spacial score (nSPS) is 12.0. The van der Waals surface area contributed by atoms with E-state index in [-0.39, 0.29) is 11.1 Å². The van der Waals surface area contributed by atoms with Crippen LogP contribution in [0.4, 0.5) is 0 Å². The number of aromatic carboxylic acids is 1. The van der Waals surface area contributed by atoms with E-state index in [1.807, 2.05) is 26.8 Å². The van der Waals surface area contributed by atoms with Crippen molar-refractivity contribution >= 4 is 11.6 Å². The van der Waals surface area contributed by atoms with E-state index < -0.39 is 5.97 Å². The number of rotatable bonds is 1. The van der Waals surface area contributed by atoms with Crippen molar-refractivity contribution < 1.29 is 9.90 Å². The molecule has 5 heteroatoms. The van der Waals surface area contributed by atoms with Gasteiger partial charge in [0.15, 0.2) is 11.3 Å². The average molecular weight is 233 g/mol. The Labute approximate surface area is 99.1 Å². The van der Waals surface area contributed by atoms with Crippen LogP contribution in [0.1, 0.15) is 42.6 Å². The molecule has 0 unspecified atom stereocenters. The van der Waals surface area contributed by atoms with E-state index in [0.29, 0.717) is 11.3 Å². The lowest BCUT2D eigenvalue weighted by Crippen LogP contribution is -2.13. The second-order valence-electron chi connectivity index (χ2n) is 5.14. The number of carboxylic acid groups (broad SMARTS) is 1. The third-order valence-electron chi connectivity index (χ3n) is 2.54. The maximum absolute atomic E-state index is 11.1. The predicted octanol–water partition coefficient (Wildman–Crippen LogP) is 2.03. The number of hydrogen-bond acceptors (Lipinski definition) is 3. The summed E-state index contributed by atoms with van der Waals surface area (Å²) in [6, 6.07) is 3.36. The maximum Gasteiger partial charge on any atom is 0.354 e. The zero-order valence-electron chi connectivity index (χ0n) is 10.4. The number of fused-ring (bicyclic) bond motifs is 1. The fraction of sp³-hybridized carbons (Fsp3) is 0.417. The highest BCUT2D eigenvalue weighted by atomic mass is 16.4. The molecule has 0 aliphatic carbocycles. The SMILES string of the molecule is Cc1cc(C(=O)O)n2nc(C(C)(C)C)cc2n1. The van der Waals surface area contributed by atoms with Crippen molar-refractivity contribution in [2.75, 3.05) is 0 Å². The van der Waals surface area contributed by atoms with E-state index >= 15 is 0 Å². The summed E-state index contributed by atoms with van der Waals surface area (Å²) in [4.78, 5) is 15.4. The molecule has 2 aromatic heterocycles. The van der Waals surface area contributed by atoms with Crippen LogP contribution in [0.2, 0.25) is 0 Å². The van der Waals surface area contributed by atoms with Crippen LogP contribution in [0.15, 0.2) is 12.1 Å². The first-order valence-corrected chi connectivity index (χ1v) is 5.40. The fourth-order valence-electron chi connectivity index (χ4n) is 1.62. The first-order valence-electron chi connectivity index (χ1n) is 5.40. The highest BCUT2D eigenvalue weighted by Gasteiger charge is 2.20. The van der Waals surface area contributed by atoms with Gasteiger partial charge in [-0.1, -0.05) is 20.8 Å². The predicted molar refractivity (Wildman–Crippen MR) is 63.4 cm³/mol. The number of nitrogens with zero attached hydrogens (tertiary/aromatic N) is 3. The molecule has 0 amide bonds. The average Bonchev–Trinajstić information content (AvgIpc) is 2.58. The summed E-state index contributed by atoms with van der Waals surface area (Å²) in [5, 5.41) is 13.5. The molecular weight excluding hydrogens is 218 g/mol. The molecule has 2 rings (SSSR count). The van der Waals surface area contributed by atoms with Crippen molar-refractivity contribution in [2.45, 2.75) is 33.1 Å². The summed E-state index contributed by atoms with van der Waals surface area (Å²) in [6.45, 7) is 7.86. The standard InChI is InChI=1S/C12H15N3O2/c1-7-5-8(11(16)17)15-10(13-7)6-9(14-15)12(2,3)4/h5-6H,1-4H3,(H,16,17). The van der Waals surface area contributed by atoms with Crippen LogP contribution in [0.25, 0.3) is 5.65 Å². The molecule has 0 fully saturated rings. The van der Waals surface area contributed by atoms with E-state index in [0.717, 1.165) is 5.69 Å². The van der Waals surface area contributed by atoms with E-state index in [4.69, 9.17) is 5.11 Å². The van der Waals surface area contributed by atoms with Gasteiger partial charge in [-0.25, -0.2) is 14.3 Å². The molecule has 0 aliphatic heterocycles. The number of hydrogen-bond donors (Lipinski definition) is 1. The van der Waals surface area contributed by atoms with E-state index in [9.17, 15) is 4.79 Å². The minimum Gasteiger partial charge on any atom is -0.477 e. The zero-order chi connectivity index (χ0) is 12.8. The van der Waals surface area contributed by atoms with Crippen molar-refractivity contribution in [2.24, 2.45) is 0 Å². The van der Waals surface area contributed by atoms with Crippen LogP contribution in [-0.4, -0.2) is 25.7 Å². The van der Waals surface area contributed by atoms with E-state index in [1.54, 1.807) is 6.92 Å². The van der Waals surface area contributed by atoms with Gasteiger partial charge in [0.25, 0.3) is 0 Å². The zero-order valence-corrected chi connectivity index (χ0v) is 10.4. The fourth-order valence-corrected chi connectivity index (χ4v) is 1.62. The summed E-state index contributed by atoms with van der Waals surface area (Å²) in [7, 11) is 0. The van der Waals surface area contributed by atoms with Gasteiger partial charge in [0.05, 0.1) is 5.69 Å². The summed E-state index contributed by atoms with van der Waals surface area (Å²) in [6.07, 6.45) is 0. The molecule has 5 nitrogen and oxygen atoms in total. The molecule has 0 spiro atoms. The maximum atomic E-state index is 11.1. The quantitative estimate of drug-likeness (QED) is 0.818. The summed E-state index contributed by atoms with van der Waals surface area (Å²) in [5.74, 6) is -0.996. The third kappa shape index (κ3) is 2.00. The molecule has 17 heavy (non-hydrogen) atoms. The summed E-state index contributed by atoms with van der Waals surface area (Å²) < 4.78 is 1.38. The van der Waals surface area contributed by atoms with Gasteiger partial charge in [0, 0.05) is 17.2 Å². The van der Waals surface area contributed by atoms with Gasteiger partial charge in [0.1, 0.15) is 0 Å². The number of aromatic nitrogens is 3. The van der Waals surface area contributed by atoms with Gasteiger partial charge in [-0.2, -0.15) is 5.10 Å². The third-order valence-corrected chi connectivity index (χ3v) is 2.54. The van der Waals surface area contributed by atoms with Crippen LogP contribution >= 0.6 is 0 Å². The Morgan fingerprint density at radius 1 is 1.35 bits per heavy atom. The van der Waals surface area contributed by atoms with Crippen LogP contribution in [0.3, 0.4) is 0 Å². The molecular formula is C12H15N3O2. The van der Waals surface area contributed by atoms with Crippen molar-refractivity contribution in [3.63, 3.8) is 0 Å². The Morgan fingerprint density at radius 2 is 2.00 bits per heavy atom. The van der Waals surface area contributed by atoms with Crippen molar-refractivity contribution in [3.05, 3.63) is 29.2 Å². The molecule has 0 aromatic carbocycles. The molecule has 0 bridgehead atoms. The number of aryl methyl sites for hydroxylation is 1. The molecule has 0 radical (unpaired) electrons. The Morgan fingerprint density at radius 3 is 2.53 bits per heavy atom. The van der Waals surface area contributed by atoms with Crippen molar-refractivity contribution in [1.29, 1.82) is 0 Å². The van der Waals surface area contributed by atoms with Crippen LogP contribution < -0.4 is 0 Å². The number of carboxylic acids is 1. The largest absolute Gasteiger partial charge is 0.477 e. The highest BCUT2D eigenvalue weighted by Crippen LogP contribution is 2.22. The first-order chi connectivity index (χ1) is 7.79. The molecule has 0 atom stereocenters. The van der Waals surface area contributed by atoms with Gasteiger partial charge in [-0.15, -0.1) is 0 Å². The summed E-state index contributed by atoms with van der Waals surface area (Å²) in [5.41, 5.74) is 2.10. The molecule has 0 saturated heterocycles. The molecule has 0 saturated carbocycles. The Hall–Kier alpha value is -1.91. The van der Waals surface area contributed by atoms with Crippen molar-refractivity contribution in [3.8, 4) is 0 Å².